The van der Waals surface area contributed by atoms with E-state index >= 15 is 0 Å². The van der Waals surface area contributed by atoms with Crippen LogP contribution in [0.4, 0.5) is 5.69 Å². The molecule has 0 spiro atoms. The molecule has 1 fully saturated rings. The van der Waals surface area contributed by atoms with Gasteiger partial charge in [-0.2, -0.15) is 0 Å². The molecule has 18 heavy (non-hydrogen) atoms. The average Bonchev–Trinajstić information content (AvgIpc) is 2.38. The van der Waals surface area contributed by atoms with Crippen molar-refractivity contribution < 1.29 is 4.79 Å². The molecule has 98 valence electrons. The summed E-state index contributed by atoms with van der Waals surface area (Å²) in [6.45, 7) is 1.94. The van der Waals surface area contributed by atoms with Gasteiger partial charge < -0.3 is 9.80 Å². The summed E-state index contributed by atoms with van der Waals surface area (Å²) in [4.78, 5) is 15.7. The molecule has 1 heterocycles. The smallest absolute Gasteiger partial charge is 0.153 e. The lowest BCUT2D eigenvalue weighted by molar-refractivity contribution is 0.112. The van der Waals surface area contributed by atoms with Gasteiger partial charge in [0.25, 0.3) is 0 Å². The number of rotatable bonds is 3. The predicted molar refractivity (Wildman–Crippen MR) is 75.8 cm³/mol. The summed E-state index contributed by atoms with van der Waals surface area (Å²) < 4.78 is 0. The Morgan fingerprint density at radius 2 is 2.22 bits per heavy atom. The first-order valence-corrected chi connectivity index (χ1v) is 6.66. The maximum Gasteiger partial charge on any atom is 0.153 e. The van der Waals surface area contributed by atoms with Gasteiger partial charge in [-0.3, -0.25) is 4.79 Å². The molecule has 0 aliphatic carbocycles. The highest BCUT2D eigenvalue weighted by atomic mass is 35.5. The molecule has 0 amide bonds. The second-order valence-corrected chi connectivity index (χ2v) is 5.40. The van der Waals surface area contributed by atoms with Crippen molar-refractivity contribution in [2.45, 2.75) is 18.9 Å². The molecular formula is C14H19ClN2O. The fourth-order valence-corrected chi connectivity index (χ4v) is 2.73. The molecule has 1 aliphatic heterocycles. The number of carbonyl (C=O) groups is 1. The fourth-order valence-electron chi connectivity index (χ4n) is 2.51. The maximum absolute atomic E-state index is 11.2. The SMILES string of the molecule is CN(C)C1CCCN(c2cccc(Cl)c2C=O)C1. The Hall–Kier alpha value is -1.06. The summed E-state index contributed by atoms with van der Waals surface area (Å²) in [5.41, 5.74) is 1.57. The van der Waals surface area contributed by atoms with E-state index in [1.54, 1.807) is 6.07 Å². The van der Waals surface area contributed by atoms with Gasteiger partial charge in [0.15, 0.2) is 6.29 Å². The number of hydrogen-bond acceptors (Lipinski definition) is 3. The third-order valence-electron chi connectivity index (χ3n) is 3.62. The number of halogens is 1. The van der Waals surface area contributed by atoms with Crippen molar-refractivity contribution in [2.75, 3.05) is 32.1 Å². The van der Waals surface area contributed by atoms with Gasteiger partial charge in [-0.1, -0.05) is 17.7 Å². The molecule has 0 radical (unpaired) electrons. The van der Waals surface area contributed by atoms with Crippen molar-refractivity contribution in [1.29, 1.82) is 0 Å². The Kier molecular flexibility index (Phi) is 4.25. The molecule has 1 aromatic carbocycles. The van der Waals surface area contributed by atoms with Crippen LogP contribution in [0.5, 0.6) is 0 Å². The van der Waals surface area contributed by atoms with Gasteiger partial charge in [0.2, 0.25) is 0 Å². The van der Waals surface area contributed by atoms with Crippen LogP contribution < -0.4 is 4.90 Å². The normalized spacial score (nSPS) is 20.2. The Morgan fingerprint density at radius 1 is 1.44 bits per heavy atom. The molecule has 1 aliphatic rings. The van der Waals surface area contributed by atoms with Crippen LogP contribution in [-0.4, -0.2) is 44.4 Å². The van der Waals surface area contributed by atoms with Crippen LogP contribution in [0.2, 0.25) is 5.02 Å². The van der Waals surface area contributed by atoms with Crippen molar-refractivity contribution in [3.8, 4) is 0 Å². The Balaban J connectivity index is 2.26. The molecule has 0 N–H and O–H groups in total. The number of aldehydes is 1. The molecule has 0 aromatic heterocycles. The van der Waals surface area contributed by atoms with Gasteiger partial charge >= 0.3 is 0 Å². The molecular weight excluding hydrogens is 248 g/mol. The maximum atomic E-state index is 11.2. The Bertz CT molecular complexity index is 434. The van der Waals surface area contributed by atoms with Crippen LogP contribution >= 0.6 is 11.6 Å². The average molecular weight is 267 g/mol. The van der Waals surface area contributed by atoms with Crippen LogP contribution in [0, 0.1) is 0 Å². The summed E-state index contributed by atoms with van der Waals surface area (Å²) in [6.07, 6.45) is 3.21. The number of benzene rings is 1. The number of hydrogen-bond donors (Lipinski definition) is 0. The molecule has 1 aromatic rings. The van der Waals surface area contributed by atoms with Crippen molar-refractivity contribution in [1.82, 2.24) is 4.90 Å². The zero-order chi connectivity index (χ0) is 13.1. The van der Waals surface area contributed by atoms with E-state index in [9.17, 15) is 4.79 Å². The molecule has 2 rings (SSSR count). The van der Waals surface area contributed by atoms with Crippen molar-refractivity contribution in [2.24, 2.45) is 0 Å². The van der Waals surface area contributed by atoms with Gasteiger partial charge in [-0.25, -0.2) is 0 Å². The lowest BCUT2D eigenvalue weighted by atomic mass is 10.0. The summed E-state index contributed by atoms with van der Waals surface area (Å²) >= 11 is 6.08. The highest BCUT2D eigenvalue weighted by molar-refractivity contribution is 6.33. The minimum absolute atomic E-state index is 0.537. The Morgan fingerprint density at radius 3 is 2.89 bits per heavy atom. The minimum atomic E-state index is 0.537. The molecule has 3 nitrogen and oxygen atoms in total. The molecule has 1 saturated heterocycles. The first kappa shape index (κ1) is 13.4. The van der Waals surface area contributed by atoms with Crippen molar-refractivity contribution >= 4 is 23.6 Å². The minimum Gasteiger partial charge on any atom is -0.369 e. The first-order valence-electron chi connectivity index (χ1n) is 6.28. The van der Waals surface area contributed by atoms with Crippen molar-refractivity contribution in [3.05, 3.63) is 28.8 Å². The van der Waals surface area contributed by atoms with Crippen LogP contribution in [0.15, 0.2) is 18.2 Å². The van der Waals surface area contributed by atoms with Crippen LogP contribution in [-0.2, 0) is 0 Å². The van der Waals surface area contributed by atoms with E-state index in [4.69, 9.17) is 11.6 Å². The van der Waals surface area contributed by atoms with Crippen LogP contribution in [0.3, 0.4) is 0 Å². The first-order chi connectivity index (χ1) is 8.63. The van der Waals surface area contributed by atoms with E-state index in [2.05, 4.69) is 23.9 Å². The fraction of sp³-hybridized carbons (Fsp3) is 0.500. The van der Waals surface area contributed by atoms with Gasteiger partial charge in [0.1, 0.15) is 0 Å². The topological polar surface area (TPSA) is 23.6 Å². The lowest BCUT2D eigenvalue weighted by Gasteiger charge is -2.38. The van der Waals surface area contributed by atoms with Gasteiger partial charge in [0.05, 0.1) is 10.6 Å². The molecule has 1 unspecified atom stereocenters. The Labute approximate surface area is 113 Å². The van der Waals surface area contributed by atoms with E-state index in [1.165, 1.54) is 6.42 Å². The molecule has 0 saturated carbocycles. The predicted octanol–water partition coefficient (Wildman–Crippen LogP) is 2.68. The number of anilines is 1. The number of likely N-dealkylation sites (N-methyl/N-ethyl adjacent to an activating group) is 1. The molecule has 4 heteroatoms. The quantitative estimate of drug-likeness (QED) is 0.786. The third kappa shape index (κ3) is 2.68. The number of piperidine rings is 1. The second-order valence-electron chi connectivity index (χ2n) is 5.00. The highest BCUT2D eigenvalue weighted by Crippen LogP contribution is 2.28. The van der Waals surface area contributed by atoms with Crippen LogP contribution in [0.25, 0.3) is 0 Å². The number of carbonyl (C=O) groups excluding carboxylic acids is 1. The van der Waals surface area contributed by atoms with Crippen LogP contribution in [0.1, 0.15) is 23.2 Å². The zero-order valence-corrected chi connectivity index (χ0v) is 11.7. The lowest BCUT2D eigenvalue weighted by Crippen LogP contribution is -2.45. The summed E-state index contributed by atoms with van der Waals surface area (Å²) in [7, 11) is 4.21. The van der Waals surface area contributed by atoms with E-state index in [0.717, 1.165) is 31.5 Å². The largest absolute Gasteiger partial charge is 0.369 e. The summed E-state index contributed by atoms with van der Waals surface area (Å²) in [6, 6.07) is 6.19. The highest BCUT2D eigenvalue weighted by Gasteiger charge is 2.23. The van der Waals surface area contributed by atoms with Crippen molar-refractivity contribution in [3.63, 3.8) is 0 Å². The van der Waals surface area contributed by atoms with E-state index in [0.29, 0.717) is 16.6 Å². The standard InChI is InChI=1S/C14H19ClN2O/c1-16(2)11-5-4-8-17(9-11)14-7-3-6-13(15)12(14)10-18/h3,6-7,10-11H,4-5,8-9H2,1-2H3. The second kappa shape index (κ2) is 5.72. The summed E-state index contributed by atoms with van der Waals surface area (Å²) in [5, 5.41) is 0.537. The monoisotopic (exact) mass is 266 g/mol. The molecule has 0 bridgehead atoms. The van der Waals surface area contributed by atoms with E-state index in [-0.39, 0.29) is 0 Å². The van der Waals surface area contributed by atoms with E-state index < -0.39 is 0 Å². The van der Waals surface area contributed by atoms with E-state index in [1.807, 2.05) is 12.1 Å². The zero-order valence-electron chi connectivity index (χ0n) is 10.9. The molecule has 1 atom stereocenters. The van der Waals surface area contributed by atoms with Gasteiger partial charge in [-0.05, 0) is 39.1 Å². The van der Waals surface area contributed by atoms with Gasteiger partial charge in [-0.15, -0.1) is 0 Å². The summed E-state index contributed by atoms with van der Waals surface area (Å²) in [5.74, 6) is 0. The van der Waals surface area contributed by atoms with Gasteiger partial charge in [0, 0.05) is 24.8 Å². The third-order valence-corrected chi connectivity index (χ3v) is 3.94. The number of nitrogens with zero attached hydrogens (tertiary/aromatic N) is 2.